The third kappa shape index (κ3) is 4.82. The maximum atomic E-state index is 11.7. The molecule has 1 N–H and O–H groups in total. The van der Waals surface area contributed by atoms with Crippen molar-refractivity contribution in [3.05, 3.63) is 19.7 Å². The Kier molecular flexibility index (Phi) is 6.89. The van der Waals surface area contributed by atoms with E-state index in [1.807, 2.05) is 0 Å². The van der Waals surface area contributed by atoms with Crippen LogP contribution >= 0.6 is 34.7 Å². The molecule has 0 aromatic carbocycles. The van der Waals surface area contributed by atoms with Gasteiger partial charge in [-0.2, -0.15) is 0 Å². The smallest absolute Gasteiger partial charge is 0.290 e. The summed E-state index contributed by atoms with van der Waals surface area (Å²) >= 11 is 12.9. The van der Waals surface area contributed by atoms with E-state index in [9.17, 15) is 4.79 Å². The first kappa shape index (κ1) is 16.5. The largest absolute Gasteiger partial charge is 0.483 e. The minimum Gasteiger partial charge on any atom is -0.483 e. The van der Waals surface area contributed by atoms with Crippen LogP contribution in [0.1, 0.15) is 32.6 Å². The van der Waals surface area contributed by atoms with Crippen molar-refractivity contribution in [1.29, 1.82) is 0 Å². The molecule has 0 aliphatic heterocycles. The van der Waals surface area contributed by atoms with Crippen LogP contribution in [-0.4, -0.2) is 15.5 Å². The van der Waals surface area contributed by atoms with Crippen LogP contribution in [0.3, 0.4) is 0 Å². The Bertz CT molecular complexity index is 464. The Balaban J connectivity index is 0.000000550. The molecule has 7 heteroatoms. The van der Waals surface area contributed by atoms with Gasteiger partial charge in [0.1, 0.15) is 9.36 Å². The van der Waals surface area contributed by atoms with E-state index in [1.165, 1.54) is 37.2 Å². The number of nitrogens with zero attached hydrogens (tertiary/aromatic N) is 1. The quantitative estimate of drug-likeness (QED) is 0.842. The van der Waals surface area contributed by atoms with E-state index in [4.69, 9.17) is 33.1 Å². The Morgan fingerprint density at radius 3 is 2.32 bits per heavy atom. The number of hydrogen-bond acceptors (Lipinski definition) is 3. The highest BCUT2D eigenvalue weighted by Gasteiger charge is 2.20. The maximum absolute atomic E-state index is 11.7. The first-order valence-corrected chi connectivity index (χ1v) is 7.65. The average Bonchev–Trinajstić information content (AvgIpc) is 2.61. The summed E-state index contributed by atoms with van der Waals surface area (Å²) in [5.74, 6) is 1.45. The zero-order valence-corrected chi connectivity index (χ0v) is 13.0. The van der Waals surface area contributed by atoms with Gasteiger partial charge in [-0.3, -0.25) is 13.5 Å². The maximum Gasteiger partial charge on any atom is 0.290 e. The number of carboxylic acid groups (broad SMARTS) is 1. The predicted octanol–water partition coefficient (Wildman–Crippen LogP) is 3.74. The minimum absolute atomic E-state index is 0.129. The number of halogens is 2. The van der Waals surface area contributed by atoms with Gasteiger partial charge in [0.2, 0.25) is 0 Å². The van der Waals surface area contributed by atoms with Gasteiger partial charge in [-0.15, -0.1) is 0 Å². The van der Waals surface area contributed by atoms with Gasteiger partial charge in [-0.1, -0.05) is 43.0 Å². The molecule has 0 saturated heterocycles. The minimum atomic E-state index is -0.250. The molecule has 1 aromatic heterocycles. The molecule has 1 heterocycles. The summed E-state index contributed by atoms with van der Waals surface area (Å²) in [6.07, 6.45) is 4.96. The van der Waals surface area contributed by atoms with Crippen LogP contribution in [0.5, 0.6) is 0 Å². The second-order valence-corrected chi connectivity index (χ2v) is 6.79. The van der Waals surface area contributed by atoms with Crippen molar-refractivity contribution in [2.45, 2.75) is 39.2 Å². The molecule has 2 rings (SSSR count). The van der Waals surface area contributed by atoms with Gasteiger partial charge < -0.3 is 5.11 Å². The number of aromatic nitrogens is 1. The molecule has 1 aliphatic carbocycles. The topological polar surface area (TPSA) is 59.3 Å². The summed E-state index contributed by atoms with van der Waals surface area (Å²) in [4.78, 5) is 20.0. The lowest BCUT2D eigenvalue weighted by atomic mass is 9.83. The van der Waals surface area contributed by atoms with Crippen molar-refractivity contribution in [3.8, 4) is 0 Å². The summed E-state index contributed by atoms with van der Waals surface area (Å²) in [5, 5.41) is 7.07. The molecule has 108 valence electrons. The monoisotopic (exact) mass is 325 g/mol. The van der Waals surface area contributed by atoms with Crippen molar-refractivity contribution in [3.63, 3.8) is 0 Å². The molecule has 0 spiro atoms. The van der Waals surface area contributed by atoms with Gasteiger partial charge in [0, 0.05) is 6.54 Å². The second-order valence-electron chi connectivity index (χ2n) is 4.78. The van der Waals surface area contributed by atoms with Crippen LogP contribution in [0.2, 0.25) is 9.36 Å². The molecule has 0 radical (unpaired) electrons. The van der Waals surface area contributed by atoms with Gasteiger partial charge in [0.05, 0.1) is 0 Å². The number of rotatable bonds is 2. The Labute approximate surface area is 126 Å². The number of hydrogen-bond donors (Lipinski definition) is 1. The van der Waals surface area contributed by atoms with Crippen LogP contribution in [-0.2, 0) is 11.3 Å². The average molecular weight is 326 g/mol. The zero-order valence-electron chi connectivity index (χ0n) is 10.6. The van der Waals surface area contributed by atoms with E-state index in [1.54, 1.807) is 3.96 Å². The highest BCUT2D eigenvalue weighted by molar-refractivity contribution is 7.11. The Morgan fingerprint density at radius 1 is 1.37 bits per heavy atom. The molecule has 1 saturated carbocycles. The third-order valence-corrected chi connectivity index (χ3v) is 5.19. The molecule has 19 heavy (non-hydrogen) atoms. The lowest BCUT2D eigenvalue weighted by Gasteiger charge is -2.25. The molecular formula is C12H17Cl2NO3S. The van der Waals surface area contributed by atoms with Crippen molar-refractivity contribution in [1.82, 2.24) is 3.96 Å². The van der Waals surface area contributed by atoms with Crippen LogP contribution in [0.25, 0.3) is 0 Å². The SMILES string of the molecule is CC1CCC(Cn2sc(Cl)c(Cl)c2=O)CC1.O=CO. The zero-order chi connectivity index (χ0) is 14.4. The van der Waals surface area contributed by atoms with E-state index >= 15 is 0 Å². The van der Waals surface area contributed by atoms with E-state index in [0.29, 0.717) is 10.3 Å². The fraction of sp³-hybridized carbons (Fsp3) is 0.667. The van der Waals surface area contributed by atoms with Crippen LogP contribution < -0.4 is 5.56 Å². The molecule has 1 aliphatic rings. The van der Waals surface area contributed by atoms with Gasteiger partial charge in [-0.05, 0) is 36.2 Å². The molecule has 1 aromatic rings. The van der Waals surface area contributed by atoms with Gasteiger partial charge in [0.25, 0.3) is 12.0 Å². The Hall–Kier alpha value is -0.520. The predicted molar refractivity (Wildman–Crippen MR) is 78.4 cm³/mol. The van der Waals surface area contributed by atoms with Crippen molar-refractivity contribution in [2.75, 3.05) is 0 Å². The molecule has 0 atom stereocenters. The van der Waals surface area contributed by atoms with Crippen LogP contribution in [0.4, 0.5) is 0 Å². The van der Waals surface area contributed by atoms with E-state index in [2.05, 4.69) is 6.92 Å². The van der Waals surface area contributed by atoms with Crippen molar-refractivity contribution < 1.29 is 9.90 Å². The fourth-order valence-corrected chi connectivity index (χ4v) is 3.65. The highest BCUT2D eigenvalue weighted by Crippen LogP contribution is 2.31. The lowest BCUT2D eigenvalue weighted by Crippen LogP contribution is -2.22. The third-order valence-electron chi connectivity index (χ3n) is 3.34. The molecule has 4 nitrogen and oxygen atoms in total. The molecule has 0 bridgehead atoms. The Morgan fingerprint density at radius 2 is 1.89 bits per heavy atom. The first-order chi connectivity index (χ1) is 8.99. The van der Waals surface area contributed by atoms with E-state index < -0.39 is 0 Å². The fourth-order valence-electron chi connectivity index (χ4n) is 2.24. The summed E-state index contributed by atoms with van der Waals surface area (Å²) in [6, 6.07) is 0. The molecule has 0 unspecified atom stereocenters. The van der Waals surface area contributed by atoms with Gasteiger partial charge in [-0.25, -0.2) is 0 Å². The van der Waals surface area contributed by atoms with Crippen LogP contribution in [0.15, 0.2) is 4.79 Å². The second kappa shape index (κ2) is 7.92. The molecule has 1 fully saturated rings. The van der Waals surface area contributed by atoms with Gasteiger partial charge >= 0.3 is 0 Å². The van der Waals surface area contributed by atoms with E-state index in [0.717, 1.165) is 12.5 Å². The summed E-state index contributed by atoms with van der Waals surface area (Å²) in [7, 11) is 0. The standard InChI is InChI=1S/C11H15Cl2NOS.CH2O2/c1-7-2-4-8(5-3-7)6-14-11(15)9(12)10(13)16-14;2-1-3/h7-8H,2-6H2,1H3;1H,(H,2,3). The highest BCUT2D eigenvalue weighted by atomic mass is 35.5. The molecule has 0 amide bonds. The summed E-state index contributed by atoms with van der Waals surface area (Å²) < 4.78 is 2.11. The number of carbonyl (C=O) groups is 1. The van der Waals surface area contributed by atoms with Crippen LogP contribution in [0, 0.1) is 11.8 Å². The normalized spacial score (nSPS) is 22.5. The van der Waals surface area contributed by atoms with Crippen molar-refractivity contribution >= 4 is 41.2 Å². The lowest BCUT2D eigenvalue weighted by molar-refractivity contribution is -0.122. The van der Waals surface area contributed by atoms with E-state index in [-0.39, 0.29) is 17.1 Å². The van der Waals surface area contributed by atoms with Gasteiger partial charge in [0.15, 0.2) is 0 Å². The first-order valence-electron chi connectivity index (χ1n) is 6.12. The van der Waals surface area contributed by atoms with Crippen molar-refractivity contribution in [2.24, 2.45) is 11.8 Å². The molecular weight excluding hydrogens is 309 g/mol. The summed E-state index contributed by atoms with van der Waals surface area (Å²) in [5.41, 5.74) is -0.129. The summed E-state index contributed by atoms with van der Waals surface area (Å²) in [6.45, 7) is 2.82.